The average molecular weight is 309 g/mol. The van der Waals surface area contributed by atoms with Crippen LogP contribution in [-0.2, 0) is 0 Å². The minimum Gasteiger partial charge on any atom is -0.289 e. The summed E-state index contributed by atoms with van der Waals surface area (Å²) in [5, 5.41) is 4.50. The smallest absolute Gasteiger partial charge is 0.187 e. The Morgan fingerprint density at radius 2 is 1.89 bits per heavy atom. The van der Waals surface area contributed by atoms with Crippen LogP contribution in [0.3, 0.4) is 0 Å². The van der Waals surface area contributed by atoms with Crippen molar-refractivity contribution in [3.05, 3.63) is 79.0 Å². The van der Waals surface area contributed by atoms with E-state index in [-0.39, 0.29) is 5.78 Å². The Morgan fingerprint density at radius 3 is 2.79 bits per heavy atom. The van der Waals surface area contributed by atoms with Crippen molar-refractivity contribution < 1.29 is 4.79 Å². The van der Waals surface area contributed by atoms with Gasteiger partial charge in [0.2, 0.25) is 0 Å². The van der Waals surface area contributed by atoms with Crippen LogP contribution >= 0.6 is 15.9 Å². The van der Waals surface area contributed by atoms with Crippen LogP contribution in [0, 0.1) is 10.4 Å². The zero-order valence-corrected chi connectivity index (χ0v) is 11.6. The molecular weight excluding hydrogens is 300 g/mol. The number of fused-ring (bicyclic) bond motifs is 4. The highest BCUT2D eigenvalue weighted by Gasteiger charge is 2.17. The predicted molar refractivity (Wildman–Crippen MR) is 79.0 cm³/mol. The summed E-state index contributed by atoms with van der Waals surface area (Å²) in [6, 6.07) is 10.4. The van der Waals surface area contributed by atoms with Gasteiger partial charge in [-0.2, -0.15) is 0 Å². The Balaban J connectivity index is 2.33. The van der Waals surface area contributed by atoms with Gasteiger partial charge in [-0.15, -0.1) is 0 Å². The molecule has 90 valence electrons. The van der Waals surface area contributed by atoms with Crippen molar-refractivity contribution in [1.82, 2.24) is 0 Å². The Kier molecular flexibility index (Phi) is 2.18. The Labute approximate surface area is 118 Å². The highest BCUT2D eigenvalue weighted by Crippen LogP contribution is 2.20. The molecule has 2 aliphatic carbocycles. The second-order valence-corrected chi connectivity index (χ2v) is 5.58. The topological polar surface area (TPSA) is 17.1 Å². The monoisotopic (exact) mass is 308 g/mol. The lowest BCUT2D eigenvalue weighted by Gasteiger charge is -2.08. The fraction of sp³-hybridized carbons (Fsp3) is 0. The molecule has 0 unspecified atom stereocenters. The summed E-state index contributed by atoms with van der Waals surface area (Å²) < 4.78 is 0.976. The van der Waals surface area contributed by atoms with E-state index in [9.17, 15) is 4.79 Å². The van der Waals surface area contributed by atoms with Crippen LogP contribution in [0.15, 0.2) is 47.0 Å². The van der Waals surface area contributed by atoms with E-state index < -0.39 is 0 Å². The van der Waals surface area contributed by atoms with Crippen molar-refractivity contribution in [2.75, 3.05) is 0 Å². The van der Waals surface area contributed by atoms with E-state index in [1.54, 1.807) is 6.08 Å². The van der Waals surface area contributed by atoms with E-state index in [4.69, 9.17) is 0 Å². The van der Waals surface area contributed by atoms with Gasteiger partial charge in [0.15, 0.2) is 5.78 Å². The van der Waals surface area contributed by atoms with Gasteiger partial charge in [0.1, 0.15) is 0 Å². The quantitative estimate of drug-likeness (QED) is 0.623. The highest BCUT2D eigenvalue weighted by molar-refractivity contribution is 9.10. The van der Waals surface area contributed by atoms with Gasteiger partial charge in [0.05, 0.1) is 0 Å². The lowest BCUT2D eigenvalue weighted by molar-refractivity contribution is 0.104. The molecule has 1 nitrogen and oxygen atoms in total. The fourth-order valence-electron chi connectivity index (χ4n) is 2.82. The first-order chi connectivity index (χ1) is 9.25. The summed E-state index contributed by atoms with van der Waals surface area (Å²) in [5.74, 6) is 0.0825. The Hall–Kier alpha value is -1.93. The van der Waals surface area contributed by atoms with E-state index in [1.807, 2.05) is 24.3 Å². The number of rotatable bonds is 0. The lowest BCUT2D eigenvalue weighted by atomic mass is 9.96. The van der Waals surface area contributed by atoms with Gasteiger partial charge in [-0.3, -0.25) is 4.79 Å². The highest BCUT2D eigenvalue weighted by atomic mass is 79.9. The number of allylic oxidation sites excluding steroid dienone is 2. The van der Waals surface area contributed by atoms with Crippen LogP contribution in [0.1, 0.15) is 15.9 Å². The maximum Gasteiger partial charge on any atom is 0.187 e. The van der Waals surface area contributed by atoms with Gasteiger partial charge in [0, 0.05) is 15.3 Å². The molecule has 4 rings (SSSR count). The van der Waals surface area contributed by atoms with E-state index in [0.717, 1.165) is 26.0 Å². The normalized spacial score (nSPS) is 14.3. The average Bonchev–Trinajstić information content (AvgIpc) is 2.78. The van der Waals surface area contributed by atoms with Gasteiger partial charge in [-0.05, 0) is 39.4 Å². The molecule has 0 N–H and O–H groups in total. The van der Waals surface area contributed by atoms with Crippen LogP contribution < -0.4 is 10.4 Å². The summed E-state index contributed by atoms with van der Waals surface area (Å²) in [5.41, 5.74) is 1.85. The summed E-state index contributed by atoms with van der Waals surface area (Å²) in [7, 11) is 0. The fourth-order valence-corrected chi connectivity index (χ4v) is 3.38. The van der Waals surface area contributed by atoms with Gasteiger partial charge in [-0.25, -0.2) is 0 Å². The molecular formula is C17H9BrO. The van der Waals surface area contributed by atoms with Gasteiger partial charge >= 0.3 is 0 Å². The van der Waals surface area contributed by atoms with Crippen LogP contribution in [0.4, 0.5) is 0 Å². The van der Waals surface area contributed by atoms with E-state index in [2.05, 4.69) is 40.2 Å². The van der Waals surface area contributed by atoms with Crippen molar-refractivity contribution in [1.29, 1.82) is 0 Å². The summed E-state index contributed by atoms with van der Waals surface area (Å²) in [4.78, 5) is 12.2. The zero-order valence-electron chi connectivity index (χ0n) is 9.98. The third-order valence-electron chi connectivity index (χ3n) is 3.66. The minimum absolute atomic E-state index is 0.0825. The van der Waals surface area contributed by atoms with Crippen LogP contribution in [-0.4, -0.2) is 5.78 Å². The van der Waals surface area contributed by atoms with Gasteiger partial charge < -0.3 is 0 Å². The van der Waals surface area contributed by atoms with Gasteiger partial charge in [-0.1, -0.05) is 52.3 Å². The molecule has 0 fully saturated rings. The van der Waals surface area contributed by atoms with Crippen molar-refractivity contribution in [2.24, 2.45) is 0 Å². The number of halogens is 1. The first-order valence-corrected chi connectivity index (χ1v) is 6.91. The Morgan fingerprint density at radius 1 is 1.05 bits per heavy atom. The molecule has 2 heteroatoms. The van der Waals surface area contributed by atoms with Crippen LogP contribution in [0.25, 0.3) is 12.2 Å². The molecule has 0 aromatic heterocycles. The van der Waals surface area contributed by atoms with E-state index in [0.29, 0.717) is 0 Å². The first-order valence-electron chi connectivity index (χ1n) is 6.12. The largest absolute Gasteiger partial charge is 0.289 e. The summed E-state index contributed by atoms with van der Waals surface area (Å²) in [6.07, 6.45) is 7.54. The van der Waals surface area contributed by atoms with Crippen LogP contribution in [0.5, 0.6) is 0 Å². The second-order valence-electron chi connectivity index (χ2n) is 4.73. The molecule has 2 aromatic rings. The number of ketones is 1. The number of benzene rings is 2. The number of carbonyl (C=O) groups is 1. The molecule has 0 heterocycles. The zero-order chi connectivity index (χ0) is 13.0. The molecule has 0 amide bonds. The minimum atomic E-state index is 0.0825. The first kappa shape index (κ1) is 10.9. The molecule has 0 atom stereocenters. The van der Waals surface area contributed by atoms with Crippen molar-refractivity contribution in [3.63, 3.8) is 0 Å². The molecule has 0 saturated heterocycles. The van der Waals surface area contributed by atoms with Crippen molar-refractivity contribution in [2.45, 2.75) is 0 Å². The third-order valence-corrected chi connectivity index (χ3v) is 4.32. The van der Waals surface area contributed by atoms with Crippen molar-refractivity contribution in [3.8, 4) is 0 Å². The van der Waals surface area contributed by atoms with Gasteiger partial charge in [0.25, 0.3) is 0 Å². The Bertz CT molecular complexity index is 981. The molecule has 2 aliphatic rings. The molecule has 19 heavy (non-hydrogen) atoms. The summed E-state index contributed by atoms with van der Waals surface area (Å²) in [6.45, 7) is 0. The molecule has 0 aliphatic heterocycles. The number of carbonyl (C=O) groups excluding carboxylic acids is 1. The molecule has 0 bridgehead atoms. The van der Waals surface area contributed by atoms with E-state index in [1.165, 1.54) is 10.4 Å². The predicted octanol–water partition coefficient (Wildman–Crippen LogP) is 2.41. The second kappa shape index (κ2) is 3.78. The molecule has 0 spiro atoms. The molecule has 0 saturated carbocycles. The SMILES string of the molecule is O=C1C=CC=c2c(Br)cc3c(c21)C=c1ccccc1=3. The number of hydrogen-bond donors (Lipinski definition) is 0. The lowest BCUT2D eigenvalue weighted by Crippen LogP contribution is -2.20. The van der Waals surface area contributed by atoms with Crippen molar-refractivity contribution >= 4 is 33.9 Å². The van der Waals surface area contributed by atoms with Crippen LogP contribution in [0.2, 0.25) is 0 Å². The maximum atomic E-state index is 12.2. The molecule has 2 aromatic carbocycles. The molecule has 0 radical (unpaired) electrons. The summed E-state index contributed by atoms with van der Waals surface area (Å²) >= 11 is 3.58. The standard InChI is InChI=1S/C17H9BrO/c18-15-9-13-11-5-2-1-4-10(11)8-14(13)17-12(15)6-3-7-16(17)19/h1-9H. The maximum absolute atomic E-state index is 12.2. The third kappa shape index (κ3) is 1.44. The number of hydrogen-bond acceptors (Lipinski definition) is 1. The van der Waals surface area contributed by atoms with E-state index >= 15 is 0 Å².